The number of carbonyl (C=O) groups excluding carboxylic acids is 3. The second kappa shape index (κ2) is 53.7. The van der Waals surface area contributed by atoms with Gasteiger partial charge in [0.1, 0.15) is 13.2 Å². The first-order valence-corrected chi connectivity index (χ1v) is 27.8. The number of esters is 3. The fraction of sp³-hybridized carbons (Fsp3) is 0.780. The topological polar surface area (TPSA) is 78.9 Å². The van der Waals surface area contributed by atoms with Crippen LogP contribution in [0.5, 0.6) is 0 Å². The van der Waals surface area contributed by atoms with Crippen LogP contribution in [0.15, 0.2) is 60.8 Å². The van der Waals surface area contributed by atoms with E-state index in [1.54, 1.807) is 0 Å². The van der Waals surface area contributed by atoms with Crippen LogP contribution in [0, 0.1) is 0 Å². The Morgan fingerprint density at radius 2 is 0.554 bits per heavy atom. The van der Waals surface area contributed by atoms with Gasteiger partial charge in [-0.15, -0.1) is 0 Å². The molecule has 0 heterocycles. The van der Waals surface area contributed by atoms with Crippen molar-refractivity contribution in [1.82, 2.24) is 0 Å². The number of hydrogen-bond donors (Lipinski definition) is 0. The predicted molar refractivity (Wildman–Crippen MR) is 279 cm³/mol. The standard InChI is InChI=1S/C59H104O6/c1-4-7-10-13-16-18-20-22-24-26-27-28-29-30-31-33-34-36-38-40-43-46-49-52-58(61)64-55-56(54-63-57(60)51-48-45-42-15-12-9-6-3)65-59(62)53-50-47-44-41-39-37-35-32-25-23-21-19-17-14-11-8-5-2/h17,19-20,22-23,25-27,29-30,56H,4-16,18,21,24,28,31-55H2,1-3H3/b19-17-,22-20-,25-23-,27-26-,30-29-. The van der Waals surface area contributed by atoms with Crippen molar-refractivity contribution in [2.45, 2.75) is 284 Å². The lowest BCUT2D eigenvalue weighted by Gasteiger charge is -2.18. The molecule has 0 saturated heterocycles. The van der Waals surface area contributed by atoms with Gasteiger partial charge in [-0.05, 0) is 89.9 Å². The Bertz CT molecular complexity index is 1180. The number of allylic oxidation sites excluding steroid dienone is 10. The lowest BCUT2D eigenvalue weighted by atomic mass is 10.1. The zero-order chi connectivity index (χ0) is 47.2. The van der Waals surface area contributed by atoms with Crippen molar-refractivity contribution in [2.24, 2.45) is 0 Å². The first kappa shape index (κ1) is 62.1. The molecule has 6 nitrogen and oxygen atoms in total. The summed E-state index contributed by atoms with van der Waals surface area (Å²) in [4.78, 5) is 37.9. The van der Waals surface area contributed by atoms with Crippen molar-refractivity contribution in [3.63, 3.8) is 0 Å². The van der Waals surface area contributed by atoms with Crippen molar-refractivity contribution in [3.05, 3.63) is 60.8 Å². The van der Waals surface area contributed by atoms with Crippen LogP contribution in [0.2, 0.25) is 0 Å². The molecule has 0 aromatic rings. The van der Waals surface area contributed by atoms with Crippen LogP contribution in [0.4, 0.5) is 0 Å². The largest absolute Gasteiger partial charge is 0.462 e. The van der Waals surface area contributed by atoms with E-state index in [0.717, 1.165) is 89.9 Å². The van der Waals surface area contributed by atoms with Gasteiger partial charge < -0.3 is 14.2 Å². The molecule has 0 aliphatic carbocycles. The third-order valence-corrected chi connectivity index (χ3v) is 12.0. The van der Waals surface area contributed by atoms with Crippen LogP contribution >= 0.6 is 0 Å². The van der Waals surface area contributed by atoms with Gasteiger partial charge in [0, 0.05) is 19.3 Å². The third-order valence-electron chi connectivity index (χ3n) is 12.0. The molecule has 65 heavy (non-hydrogen) atoms. The molecule has 0 aromatic carbocycles. The molecule has 0 aliphatic heterocycles. The van der Waals surface area contributed by atoms with E-state index >= 15 is 0 Å². The van der Waals surface area contributed by atoms with Gasteiger partial charge in [-0.1, -0.05) is 229 Å². The minimum Gasteiger partial charge on any atom is -0.462 e. The Labute approximate surface area is 402 Å². The molecule has 0 N–H and O–H groups in total. The summed E-state index contributed by atoms with van der Waals surface area (Å²) in [6, 6.07) is 0. The zero-order valence-electron chi connectivity index (χ0n) is 43.0. The normalized spacial score (nSPS) is 12.5. The molecule has 6 heteroatoms. The monoisotopic (exact) mass is 909 g/mol. The van der Waals surface area contributed by atoms with Gasteiger partial charge in [-0.25, -0.2) is 0 Å². The highest BCUT2D eigenvalue weighted by Crippen LogP contribution is 2.15. The molecular weight excluding hydrogens is 805 g/mol. The molecule has 0 spiro atoms. The van der Waals surface area contributed by atoms with Gasteiger partial charge in [-0.2, -0.15) is 0 Å². The first-order valence-electron chi connectivity index (χ1n) is 27.8. The van der Waals surface area contributed by atoms with Crippen molar-refractivity contribution in [2.75, 3.05) is 13.2 Å². The molecule has 0 fully saturated rings. The molecule has 0 aliphatic rings. The van der Waals surface area contributed by atoms with Crippen LogP contribution in [-0.4, -0.2) is 37.2 Å². The summed E-state index contributed by atoms with van der Waals surface area (Å²) in [6.45, 7) is 6.56. The van der Waals surface area contributed by atoms with E-state index in [2.05, 4.69) is 81.5 Å². The minimum atomic E-state index is -0.778. The third kappa shape index (κ3) is 51.9. The van der Waals surface area contributed by atoms with E-state index in [-0.39, 0.29) is 31.1 Å². The summed E-state index contributed by atoms with van der Waals surface area (Å²) < 4.78 is 16.8. The molecule has 0 bridgehead atoms. The molecule has 0 amide bonds. The number of carbonyl (C=O) groups is 3. The van der Waals surface area contributed by atoms with E-state index < -0.39 is 6.10 Å². The molecule has 0 aromatic heterocycles. The quantitative estimate of drug-likeness (QED) is 0.0262. The van der Waals surface area contributed by atoms with Gasteiger partial charge in [0.25, 0.3) is 0 Å². The van der Waals surface area contributed by atoms with Crippen molar-refractivity contribution in [3.8, 4) is 0 Å². The van der Waals surface area contributed by atoms with Gasteiger partial charge in [0.2, 0.25) is 0 Å². The summed E-state index contributed by atoms with van der Waals surface area (Å²) in [6.07, 6.45) is 66.5. The fourth-order valence-electron chi connectivity index (χ4n) is 7.77. The molecule has 0 saturated carbocycles. The highest BCUT2D eigenvalue weighted by molar-refractivity contribution is 5.71. The van der Waals surface area contributed by atoms with Crippen LogP contribution in [0.3, 0.4) is 0 Å². The lowest BCUT2D eigenvalue weighted by molar-refractivity contribution is -0.167. The van der Waals surface area contributed by atoms with Gasteiger partial charge in [0.05, 0.1) is 0 Å². The summed E-state index contributed by atoms with van der Waals surface area (Å²) in [5.41, 5.74) is 0. The first-order chi connectivity index (χ1) is 32.0. The fourth-order valence-corrected chi connectivity index (χ4v) is 7.77. The van der Waals surface area contributed by atoms with Crippen molar-refractivity contribution < 1.29 is 28.6 Å². The van der Waals surface area contributed by atoms with Crippen molar-refractivity contribution in [1.29, 1.82) is 0 Å². The van der Waals surface area contributed by atoms with E-state index in [4.69, 9.17) is 14.2 Å². The van der Waals surface area contributed by atoms with Gasteiger partial charge in [-0.3, -0.25) is 14.4 Å². The summed E-state index contributed by atoms with van der Waals surface area (Å²) in [5.74, 6) is -0.894. The summed E-state index contributed by atoms with van der Waals surface area (Å²) >= 11 is 0. The van der Waals surface area contributed by atoms with E-state index in [9.17, 15) is 14.4 Å². The molecule has 376 valence electrons. The van der Waals surface area contributed by atoms with Crippen LogP contribution < -0.4 is 0 Å². The van der Waals surface area contributed by atoms with Gasteiger partial charge in [0.15, 0.2) is 6.10 Å². The second-order valence-corrected chi connectivity index (χ2v) is 18.5. The summed E-state index contributed by atoms with van der Waals surface area (Å²) in [7, 11) is 0. The van der Waals surface area contributed by atoms with E-state index in [1.165, 1.54) is 148 Å². The van der Waals surface area contributed by atoms with Crippen molar-refractivity contribution >= 4 is 17.9 Å². The average Bonchev–Trinajstić information content (AvgIpc) is 3.30. The molecular formula is C59H104O6. The lowest BCUT2D eigenvalue weighted by Crippen LogP contribution is -2.30. The molecule has 1 unspecified atom stereocenters. The number of hydrogen-bond acceptors (Lipinski definition) is 6. The Balaban J connectivity index is 4.22. The second-order valence-electron chi connectivity index (χ2n) is 18.5. The smallest absolute Gasteiger partial charge is 0.306 e. The van der Waals surface area contributed by atoms with Crippen LogP contribution in [0.25, 0.3) is 0 Å². The van der Waals surface area contributed by atoms with E-state index in [1.807, 2.05) is 0 Å². The van der Waals surface area contributed by atoms with Crippen LogP contribution in [0.1, 0.15) is 278 Å². The SMILES string of the molecule is CCCCC/C=C\C/C=C\CCCCCCCCCC(=O)OC(COC(=O)CCCCCCCCC)COC(=O)CCCCCCCCCC/C=C\C/C=C\C/C=C\CCCCCCC. The molecule has 0 rings (SSSR count). The molecule has 0 radical (unpaired) electrons. The zero-order valence-corrected chi connectivity index (χ0v) is 43.0. The maximum atomic E-state index is 12.8. The highest BCUT2D eigenvalue weighted by Gasteiger charge is 2.19. The number of ether oxygens (including phenoxy) is 3. The Hall–Kier alpha value is -2.89. The number of unbranched alkanes of at least 4 members (excludes halogenated alkanes) is 29. The Morgan fingerprint density at radius 1 is 0.308 bits per heavy atom. The maximum Gasteiger partial charge on any atom is 0.306 e. The van der Waals surface area contributed by atoms with Gasteiger partial charge >= 0.3 is 17.9 Å². The maximum absolute atomic E-state index is 12.8. The summed E-state index contributed by atoms with van der Waals surface area (Å²) in [5, 5.41) is 0. The van der Waals surface area contributed by atoms with E-state index in [0.29, 0.717) is 19.3 Å². The Morgan fingerprint density at radius 3 is 0.892 bits per heavy atom. The Kier molecular flexibility index (Phi) is 51.3. The average molecular weight is 909 g/mol. The minimum absolute atomic E-state index is 0.0790. The van der Waals surface area contributed by atoms with Crippen LogP contribution in [-0.2, 0) is 28.6 Å². The predicted octanol–water partition coefficient (Wildman–Crippen LogP) is 18.4. The number of rotatable bonds is 50. The highest BCUT2D eigenvalue weighted by atomic mass is 16.6. The molecule has 1 atom stereocenters.